The van der Waals surface area contributed by atoms with E-state index in [0.717, 1.165) is 5.56 Å². The molecule has 2 aromatic rings. The van der Waals surface area contributed by atoms with Crippen molar-refractivity contribution in [2.75, 3.05) is 0 Å². The molecule has 18 heavy (non-hydrogen) atoms. The number of carbonyl (C=O) groups is 1. The van der Waals surface area contributed by atoms with Crippen LogP contribution in [0.5, 0.6) is 5.75 Å². The molecule has 0 fully saturated rings. The van der Waals surface area contributed by atoms with Crippen LogP contribution in [0.1, 0.15) is 21.6 Å². The number of hydrogen-bond donors (Lipinski definition) is 2. The molecule has 0 radical (unpaired) electrons. The number of rotatable bonds is 3. The van der Waals surface area contributed by atoms with Gasteiger partial charge in [-0.15, -0.1) is 0 Å². The van der Waals surface area contributed by atoms with Crippen molar-refractivity contribution in [2.24, 2.45) is 0 Å². The van der Waals surface area contributed by atoms with Crippen LogP contribution in [0, 0.1) is 6.92 Å². The Bertz CT molecular complexity index is 550. The van der Waals surface area contributed by atoms with Gasteiger partial charge in [0.15, 0.2) is 5.69 Å². The minimum Gasteiger partial charge on any atom is -0.505 e. The standard InChI is InChI=1S/C14H14N2O2/c1-10-4-6-11(7-5-10)9-16-14(18)13-12(17)3-2-8-15-13/h2-8,17H,9H2,1H3,(H,16,18). The molecule has 0 spiro atoms. The van der Waals surface area contributed by atoms with Crippen LogP contribution in [-0.4, -0.2) is 16.0 Å². The Morgan fingerprint density at radius 1 is 1.28 bits per heavy atom. The number of pyridine rings is 1. The third kappa shape index (κ3) is 2.85. The summed E-state index contributed by atoms with van der Waals surface area (Å²) < 4.78 is 0. The second kappa shape index (κ2) is 5.31. The largest absolute Gasteiger partial charge is 0.505 e. The summed E-state index contributed by atoms with van der Waals surface area (Å²) in [6.45, 7) is 2.42. The number of nitrogens with one attached hydrogen (secondary N) is 1. The van der Waals surface area contributed by atoms with Gasteiger partial charge in [0, 0.05) is 12.7 Å². The molecule has 1 aromatic carbocycles. The highest BCUT2D eigenvalue weighted by molar-refractivity contribution is 5.94. The fraction of sp³-hybridized carbons (Fsp3) is 0.143. The number of aryl methyl sites for hydroxylation is 1. The number of carbonyl (C=O) groups excluding carboxylic acids is 1. The lowest BCUT2D eigenvalue weighted by molar-refractivity contribution is 0.0943. The molecule has 0 aliphatic carbocycles. The van der Waals surface area contributed by atoms with Gasteiger partial charge in [-0.05, 0) is 24.6 Å². The summed E-state index contributed by atoms with van der Waals surface area (Å²) >= 11 is 0. The number of hydrogen-bond acceptors (Lipinski definition) is 3. The Labute approximate surface area is 105 Å². The van der Waals surface area contributed by atoms with Gasteiger partial charge in [0.1, 0.15) is 5.75 Å². The van der Waals surface area contributed by atoms with E-state index in [4.69, 9.17) is 0 Å². The molecule has 92 valence electrons. The normalized spacial score (nSPS) is 10.1. The number of benzene rings is 1. The van der Waals surface area contributed by atoms with E-state index in [1.807, 2.05) is 31.2 Å². The molecule has 0 atom stereocenters. The molecular formula is C14H14N2O2. The Kier molecular flexibility index (Phi) is 3.57. The van der Waals surface area contributed by atoms with E-state index in [-0.39, 0.29) is 17.4 Å². The summed E-state index contributed by atoms with van der Waals surface area (Å²) in [6, 6.07) is 10.9. The lowest BCUT2D eigenvalue weighted by Gasteiger charge is -2.06. The second-order valence-electron chi connectivity index (χ2n) is 4.04. The molecule has 2 rings (SSSR count). The minimum atomic E-state index is -0.381. The van der Waals surface area contributed by atoms with Crippen LogP contribution in [0.3, 0.4) is 0 Å². The first-order valence-corrected chi connectivity index (χ1v) is 5.64. The molecule has 4 heteroatoms. The second-order valence-corrected chi connectivity index (χ2v) is 4.04. The van der Waals surface area contributed by atoms with Crippen LogP contribution >= 0.6 is 0 Å². The zero-order chi connectivity index (χ0) is 13.0. The maximum absolute atomic E-state index is 11.8. The molecule has 0 unspecified atom stereocenters. The van der Waals surface area contributed by atoms with Crippen LogP contribution in [0.4, 0.5) is 0 Å². The fourth-order valence-corrected chi connectivity index (χ4v) is 1.54. The zero-order valence-electron chi connectivity index (χ0n) is 10.1. The van der Waals surface area contributed by atoms with Gasteiger partial charge in [-0.1, -0.05) is 29.8 Å². The Morgan fingerprint density at radius 2 is 2.00 bits per heavy atom. The highest BCUT2D eigenvalue weighted by Gasteiger charge is 2.11. The molecule has 2 N–H and O–H groups in total. The molecular weight excluding hydrogens is 228 g/mol. The summed E-state index contributed by atoms with van der Waals surface area (Å²) in [4.78, 5) is 15.6. The number of aromatic hydroxyl groups is 1. The van der Waals surface area contributed by atoms with E-state index in [9.17, 15) is 9.90 Å². The van der Waals surface area contributed by atoms with Crippen molar-refractivity contribution in [3.63, 3.8) is 0 Å². The Morgan fingerprint density at radius 3 is 2.67 bits per heavy atom. The van der Waals surface area contributed by atoms with Crippen LogP contribution in [0.2, 0.25) is 0 Å². The third-order valence-electron chi connectivity index (χ3n) is 2.58. The van der Waals surface area contributed by atoms with Crippen molar-refractivity contribution >= 4 is 5.91 Å². The van der Waals surface area contributed by atoms with Gasteiger partial charge in [-0.25, -0.2) is 4.98 Å². The van der Waals surface area contributed by atoms with Crippen LogP contribution < -0.4 is 5.32 Å². The molecule has 0 saturated carbocycles. The van der Waals surface area contributed by atoms with E-state index in [1.165, 1.54) is 17.8 Å². The highest BCUT2D eigenvalue weighted by atomic mass is 16.3. The quantitative estimate of drug-likeness (QED) is 0.865. The number of aromatic nitrogens is 1. The molecule has 0 aliphatic rings. The molecule has 0 bridgehead atoms. The highest BCUT2D eigenvalue weighted by Crippen LogP contribution is 2.12. The van der Waals surface area contributed by atoms with Gasteiger partial charge in [0.05, 0.1) is 0 Å². The Hall–Kier alpha value is -2.36. The number of nitrogens with zero attached hydrogens (tertiary/aromatic N) is 1. The molecule has 1 heterocycles. The summed E-state index contributed by atoms with van der Waals surface area (Å²) in [5.74, 6) is -0.493. The maximum atomic E-state index is 11.8. The minimum absolute atomic E-state index is 0.0459. The summed E-state index contributed by atoms with van der Waals surface area (Å²) in [7, 11) is 0. The topological polar surface area (TPSA) is 62.2 Å². The first-order valence-electron chi connectivity index (χ1n) is 5.64. The molecule has 0 aliphatic heterocycles. The van der Waals surface area contributed by atoms with Gasteiger partial charge in [-0.2, -0.15) is 0 Å². The third-order valence-corrected chi connectivity index (χ3v) is 2.58. The molecule has 0 saturated heterocycles. The van der Waals surface area contributed by atoms with E-state index in [0.29, 0.717) is 6.54 Å². The van der Waals surface area contributed by atoms with Crippen molar-refractivity contribution in [2.45, 2.75) is 13.5 Å². The molecule has 4 nitrogen and oxygen atoms in total. The van der Waals surface area contributed by atoms with E-state index in [1.54, 1.807) is 6.07 Å². The average Bonchev–Trinajstić information content (AvgIpc) is 2.38. The van der Waals surface area contributed by atoms with Crippen LogP contribution in [0.25, 0.3) is 0 Å². The first kappa shape index (κ1) is 12.1. The average molecular weight is 242 g/mol. The summed E-state index contributed by atoms with van der Waals surface area (Å²) in [6.07, 6.45) is 1.47. The van der Waals surface area contributed by atoms with Gasteiger partial charge in [0.2, 0.25) is 0 Å². The zero-order valence-corrected chi connectivity index (χ0v) is 10.1. The lowest BCUT2D eigenvalue weighted by atomic mass is 10.1. The monoisotopic (exact) mass is 242 g/mol. The van der Waals surface area contributed by atoms with E-state index < -0.39 is 0 Å². The summed E-state index contributed by atoms with van der Waals surface area (Å²) in [5.41, 5.74) is 2.22. The van der Waals surface area contributed by atoms with Crippen molar-refractivity contribution in [1.82, 2.24) is 10.3 Å². The smallest absolute Gasteiger partial charge is 0.273 e. The van der Waals surface area contributed by atoms with Crippen molar-refractivity contribution in [3.05, 3.63) is 59.4 Å². The fourth-order valence-electron chi connectivity index (χ4n) is 1.54. The van der Waals surface area contributed by atoms with Gasteiger partial charge in [-0.3, -0.25) is 4.79 Å². The number of amides is 1. The SMILES string of the molecule is Cc1ccc(CNC(=O)c2ncccc2O)cc1. The molecule has 1 amide bonds. The van der Waals surface area contributed by atoms with E-state index in [2.05, 4.69) is 10.3 Å². The van der Waals surface area contributed by atoms with Gasteiger partial charge in [0.25, 0.3) is 5.91 Å². The van der Waals surface area contributed by atoms with Crippen molar-refractivity contribution in [1.29, 1.82) is 0 Å². The predicted molar refractivity (Wildman–Crippen MR) is 68.3 cm³/mol. The van der Waals surface area contributed by atoms with Crippen molar-refractivity contribution in [3.8, 4) is 5.75 Å². The first-order chi connectivity index (χ1) is 8.66. The van der Waals surface area contributed by atoms with Crippen LogP contribution in [-0.2, 0) is 6.54 Å². The van der Waals surface area contributed by atoms with Gasteiger partial charge >= 0.3 is 0 Å². The predicted octanol–water partition coefficient (Wildman–Crippen LogP) is 2.03. The van der Waals surface area contributed by atoms with Crippen molar-refractivity contribution < 1.29 is 9.90 Å². The van der Waals surface area contributed by atoms with Gasteiger partial charge < -0.3 is 10.4 Å². The Balaban J connectivity index is 2.01. The molecule has 1 aromatic heterocycles. The van der Waals surface area contributed by atoms with E-state index >= 15 is 0 Å². The van der Waals surface area contributed by atoms with Crippen LogP contribution in [0.15, 0.2) is 42.6 Å². The lowest BCUT2D eigenvalue weighted by Crippen LogP contribution is -2.23. The summed E-state index contributed by atoms with van der Waals surface area (Å²) in [5, 5.41) is 12.2. The maximum Gasteiger partial charge on any atom is 0.273 e.